The van der Waals surface area contributed by atoms with Crippen LogP contribution in [0.15, 0.2) is 60.7 Å². The fraction of sp³-hybridized carbons (Fsp3) is 0.231. The third-order valence-corrected chi connectivity index (χ3v) is 6.03. The van der Waals surface area contributed by atoms with Crippen LogP contribution in [0, 0.1) is 6.92 Å². The lowest BCUT2D eigenvalue weighted by atomic mass is 9.91. The summed E-state index contributed by atoms with van der Waals surface area (Å²) in [5.74, 6) is 0.0586. The number of hydrogen-bond donors (Lipinski definition) is 2. The van der Waals surface area contributed by atoms with Crippen LogP contribution in [-0.4, -0.2) is 18.4 Å². The van der Waals surface area contributed by atoms with E-state index in [1.807, 2.05) is 72.5 Å². The zero-order valence-electron chi connectivity index (χ0n) is 17.6. The molecule has 0 atom stereocenters. The van der Waals surface area contributed by atoms with E-state index in [2.05, 4.69) is 10.6 Å². The van der Waals surface area contributed by atoms with Crippen LogP contribution in [0.2, 0.25) is 0 Å². The van der Waals surface area contributed by atoms with Crippen molar-refractivity contribution in [3.05, 3.63) is 82.9 Å². The second-order valence-electron chi connectivity index (χ2n) is 8.28. The number of carbonyl (C=O) groups is 2. The lowest BCUT2D eigenvalue weighted by Gasteiger charge is -2.35. The van der Waals surface area contributed by atoms with E-state index >= 15 is 0 Å². The van der Waals surface area contributed by atoms with Gasteiger partial charge in [0.05, 0.1) is 16.9 Å². The van der Waals surface area contributed by atoms with Crippen molar-refractivity contribution in [1.82, 2.24) is 0 Å². The number of anilines is 4. The third-order valence-electron chi connectivity index (χ3n) is 6.03. The molecule has 3 aromatic carbocycles. The van der Waals surface area contributed by atoms with E-state index in [1.54, 1.807) is 0 Å². The van der Waals surface area contributed by atoms with Gasteiger partial charge in [-0.3, -0.25) is 9.59 Å². The van der Waals surface area contributed by atoms with E-state index in [9.17, 15) is 9.59 Å². The van der Waals surface area contributed by atoms with E-state index < -0.39 is 0 Å². The van der Waals surface area contributed by atoms with Gasteiger partial charge in [-0.1, -0.05) is 29.8 Å². The summed E-state index contributed by atoms with van der Waals surface area (Å²) >= 11 is 0. The molecule has 0 radical (unpaired) electrons. The minimum Gasteiger partial charge on any atom is -0.355 e. The molecule has 2 heterocycles. The van der Waals surface area contributed by atoms with Crippen LogP contribution >= 0.6 is 0 Å². The first-order valence-electron chi connectivity index (χ1n) is 10.8. The SMILES string of the molecule is Cc1ccc(Nc2ccccc2C(=O)Nc2cc3c4c(c2)CCC(=O)N4CCC3)cc1. The summed E-state index contributed by atoms with van der Waals surface area (Å²) in [7, 11) is 0. The summed E-state index contributed by atoms with van der Waals surface area (Å²) in [5.41, 5.74) is 7.64. The van der Waals surface area contributed by atoms with Gasteiger partial charge in [-0.2, -0.15) is 0 Å². The van der Waals surface area contributed by atoms with Crippen molar-refractivity contribution in [2.24, 2.45) is 0 Å². The summed E-state index contributed by atoms with van der Waals surface area (Å²) in [5, 5.41) is 6.44. The molecule has 0 aliphatic carbocycles. The zero-order valence-corrected chi connectivity index (χ0v) is 17.6. The molecule has 2 aliphatic heterocycles. The van der Waals surface area contributed by atoms with Crippen LogP contribution in [0.5, 0.6) is 0 Å². The minimum atomic E-state index is -0.151. The van der Waals surface area contributed by atoms with Gasteiger partial charge in [0.15, 0.2) is 0 Å². The molecule has 2 N–H and O–H groups in total. The van der Waals surface area contributed by atoms with Crippen LogP contribution < -0.4 is 15.5 Å². The van der Waals surface area contributed by atoms with Gasteiger partial charge in [0.2, 0.25) is 5.91 Å². The lowest BCUT2D eigenvalue weighted by Crippen LogP contribution is -2.39. The molecule has 0 fully saturated rings. The molecule has 31 heavy (non-hydrogen) atoms. The molecule has 2 amide bonds. The van der Waals surface area contributed by atoms with E-state index in [1.165, 1.54) is 5.56 Å². The highest BCUT2D eigenvalue weighted by Gasteiger charge is 2.29. The second-order valence-corrected chi connectivity index (χ2v) is 8.28. The van der Waals surface area contributed by atoms with Crippen molar-refractivity contribution >= 4 is 34.6 Å². The molecule has 0 saturated carbocycles. The van der Waals surface area contributed by atoms with E-state index in [0.29, 0.717) is 12.0 Å². The quantitative estimate of drug-likeness (QED) is 0.619. The monoisotopic (exact) mass is 411 g/mol. The first-order chi connectivity index (χ1) is 15.1. The molecule has 5 heteroatoms. The maximum Gasteiger partial charge on any atom is 0.257 e. The maximum atomic E-state index is 13.2. The highest BCUT2D eigenvalue weighted by atomic mass is 16.2. The predicted octanol–water partition coefficient (Wildman–Crippen LogP) is 5.22. The van der Waals surface area contributed by atoms with Crippen LogP contribution in [0.1, 0.15) is 39.9 Å². The average molecular weight is 412 g/mol. The Morgan fingerprint density at radius 1 is 0.903 bits per heavy atom. The Kier molecular flexibility index (Phi) is 4.94. The Morgan fingerprint density at radius 2 is 1.65 bits per heavy atom. The second kappa shape index (κ2) is 7.91. The molecule has 0 aromatic heterocycles. The summed E-state index contributed by atoms with van der Waals surface area (Å²) < 4.78 is 0. The number of nitrogens with one attached hydrogen (secondary N) is 2. The molecule has 0 spiro atoms. The standard InChI is InChI=1S/C26H25N3O2/c1-17-8-11-20(12-9-17)27-23-7-3-2-6-22(23)26(31)28-21-15-18-5-4-14-29-24(30)13-10-19(16-21)25(18)29/h2-3,6-9,11-12,15-16,27H,4-5,10,13-14H2,1H3,(H,28,31). The van der Waals surface area contributed by atoms with Gasteiger partial charge in [-0.25, -0.2) is 0 Å². The smallest absolute Gasteiger partial charge is 0.257 e. The van der Waals surface area contributed by atoms with Gasteiger partial charge in [0.25, 0.3) is 5.91 Å². The topological polar surface area (TPSA) is 61.4 Å². The summed E-state index contributed by atoms with van der Waals surface area (Å²) in [6.45, 7) is 2.84. The Labute approximate surface area is 182 Å². The summed E-state index contributed by atoms with van der Waals surface area (Å²) in [6, 6.07) is 19.7. The Balaban J connectivity index is 1.41. The molecule has 0 unspecified atom stereocenters. The molecule has 2 aliphatic rings. The molecule has 5 nitrogen and oxygen atoms in total. The van der Waals surface area contributed by atoms with Crippen LogP contribution in [0.3, 0.4) is 0 Å². The Bertz CT molecular complexity index is 1150. The summed E-state index contributed by atoms with van der Waals surface area (Å²) in [6.07, 6.45) is 3.15. The van der Waals surface area contributed by atoms with Crippen molar-refractivity contribution in [1.29, 1.82) is 0 Å². The molecule has 156 valence electrons. The number of amides is 2. The van der Waals surface area contributed by atoms with Crippen molar-refractivity contribution in [2.75, 3.05) is 22.1 Å². The van der Waals surface area contributed by atoms with Crippen LogP contribution in [0.4, 0.5) is 22.7 Å². The van der Waals surface area contributed by atoms with Gasteiger partial charge in [0, 0.05) is 24.3 Å². The number of benzene rings is 3. The fourth-order valence-electron chi connectivity index (χ4n) is 4.51. The molecule has 0 bridgehead atoms. The minimum absolute atomic E-state index is 0.151. The molecule has 5 rings (SSSR count). The fourth-order valence-corrected chi connectivity index (χ4v) is 4.51. The summed E-state index contributed by atoms with van der Waals surface area (Å²) in [4.78, 5) is 27.4. The number of nitrogens with zero attached hydrogens (tertiary/aromatic N) is 1. The van der Waals surface area contributed by atoms with Crippen molar-refractivity contribution in [2.45, 2.75) is 32.6 Å². The Hall–Kier alpha value is -3.60. The highest BCUT2D eigenvalue weighted by Crippen LogP contribution is 2.38. The van der Waals surface area contributed by atoms with Gasteiger partial charge in [-0.15, -0.1) is 0 Å². The number of aryl methyl sites for hydroxylation is 3. The predicted molar refractivity (Wildman–Crippen MR) is 124 cm³/mol. The molecule has 3 aromatic rings. The normalized spacial score (nSPS) is 14.7. The van der Waals surface area contributed by atoms with Gasteiger partial charge < -0.3 is 15.5 Å². The van der Waals surface area contributed by atoms with E-state index in [-0.39, 0.29) is 11.8 Å². The first-order valence-corrected chi connectivity index (χ1v) is 10.8. The highest BCUT2D eigenvalue weighted by molar-refractivity contribution is 6.09. The molecular weight excluding hydrogens is 386 g/mol. The van der Waals surface area contributed by atoms with E-state index in [4.69, 9.17) is 0 Å². The third kappa shape index (κ3) is 3.79. The van der Waals surface area contributed by atoms with Gasteiger partial charge in [0.1, 0.15) is 0 Å². The zero-order chi connectivity index (χ0) is 21.4. The molecule has 0 saturated heterocycles. The number of carbonyl (C=O) groups excluding carboxylic acids is 2. The van der Waals surface area contributed by atoms with Crippen LogP contribution in [-0.2, 0) is 17.6 Å². The van der Waals surface area contributed by atoms with Crippen molar-refractivity contribution < 1.29 is 9.59 Å². The first kappa shape index (κ1) is 19.4. The number of hydrogen-bond acceptors (Lipinski definition) is 3. The van der Waals surface area contributed by atoms with Gasteiger partial charge >= 0.3 is 0 Å². The largest absolute Gasteiger partial charge is 0.355 e. The maximum absolute atomic E-state index is 13.2. The number of rotatable bonds is 4. The molecular formula is C26H25N3O2. The number of para-hydroxylation sites is 1. The van der Waals surface area contributed by atoms with Crippen molar-refractivity contribution in [3.63, 3.8) is 0 Å². The Morgan fingerprint density at radius 3 is 2.45 bits per heavy atom. The van der Waals surface area contributed by atoms with Crippen LogP contribution in [0.25, 0.3) is 0 Å². The van der Waals surface area contributed by atoms with Crippen molar-refractivity contribution in [3.8, 4) is 0 Å². The van der Waals surface area contributed by atoms with Gasteiger partial charge in [-0.05, 0) is 73.7 Å². The average Bonchev–Trinajstić information content (AvgIpc) is 2.78. The van der Waals surface area contributed by atoms with E-state index in [0.717, 1.165) is 59.7 Å². The lowest BCUT2D eigenvalue weighted by molar-refractivity contribution is -0.119.